The number of carbonyl (C=O) groups excluding carboxylic acids is 1. The van der Waals surface area contributed by atoms with Crippen LogP contribution < -0.4 is 10.1 Å². The number of rotatable bonds is 5. The number of hydrogen-bond acceptors (Lipinski definition) is 5. The molecule has 3 rings (SSSR count). The van der Waals surface area contributed by atoms with Gasteiger partial charge < -0.3 is 14.6 Å². The van der Waals surface area contributed by atoms with Crippen molar-refractivity contribution < 1.29 is 22.8 Å². The molecule has 6 nitrogen and oxygen atoms in total. The molecule has 1 aromatic carbocycles. The molecular weight excluding hydrogens is 344 g/mol. The molecule has 8 heteroatoms. The topological polar surface area (TPSA) is 77.2 Å². The van der Waals surface area contributed by atoms with Crippen molar-refractivity contribution in [3.05, 3.63) is 60.0 Å². The fourth-order valence-corrected chi connectivity index (χ4v) is 2.20. The van der Waals surface area contributed by atoms with E-state index in [-0.39, 0.29) is 23.1 Å². The first-order chi connectivity index (χ1) is 12.4. The summed E-state index contributed by atoms with van der Waals surface area (Å²) in [4.78, 5) is 16.3. The van der Waals surface area contributed by atoms with Crippen LogP contribution in [0.3, 0.4) is 0 Å². The Morgan fingerprint density at radius 3 is 2.54 bits per heavy atom. The lowest BCUT2D eigenvalue weighted by atomic mass is 10.1. The van der Waals surface area contributed by atoms with Crippen LogP contribution >= 0.6 is 0 Å². The summed E-state index contributed by atoms with van der Waals surface area (Å²) in [5.74, 6) is -1.98. The molecule has 0 radical (unpaired) electrons. The summed E-state index contributed by atoms with van der Waals surface area (Å²) in [5.41, 5.74) is -0.0576. The first-order valence-corrected chi connectivity index (χ1v) is 7.79. The van der Waals surface area contributed by atoms with Crippen molar-refractivity contribution in [2.75, 3.05) is 5.32 Å². The highest BCUT2D eigenvalue weighted by Gasteiger charge is 2.19. The molecule has 0 aliphatic heterocycles. The molecule has 26 heavy (non-hydrogen) atoms. The summed E-state index contributed by atoms with van der Waals surface area (Å²) in [5, 5.41) is 6.12. The van der Waals surface area contributed by atoms with Crippen LogP contribution in [0.2, 0.25) is 0 Å². The standard InChI is InChI=1S/C18H15F2N3O3/c1-10(2)25-16-7-6-11(9-21-16)22-18(24)15-8-14(23-26-15)17-12(19)4-3-5-13(17)20/h3-10H,1-2H3,(H,22,24). The molecule has 0 spiro atoms. The molecule has 0 aliphatic carbocycles. The van der Waals surface area contributed by atoms with Gasteiger partial charge in [0.15, 0.2) is 0 Å². The number of ether oxygens (including phenoxy) is 1. The SMILES string of the molecule is CC(C)Oc1ccc(NC(=O)c2cc(-c3c(F)cccc3F)no2)cn1. The minimum absolute atomic E-state index is 0.0191. The maximum atomic E-state index is 13.8. The van der Waals surface area contributed by atoms with E-state index in [4.69, 9.17) is 9.26 Å². The first kappa shape index (κ1) is 17.5. The van der Waals surface area contributed by atoms with E-state index < -0.39 is 17.5 Å². The fraction of sp³-hybridized carbons (Fsp3) is 0.167. The van der Waals surface area contributed by atoms with Gasteiger partial charge in [-0.2, -0.15) is 0 Å². The first-order valence-electron chi connectivity index (χ1n) is 7.79. The Kier molecular flexibility index (Phi) is 4.92. The molecule has 134 valence electrons. The predicted molar refractivity (Wildman–Crippen MR) is 89.8 cm³/mol. The third-order valence-corrected chi connectivity index (χ3v) is 3.30. The van der Waals surface area contributed by atoms with Gasteiger partial charge in [0.2, 0.25) is 11.6 Å². The van der Waals surface area contributed by atoms with E-state index in [1.165, 1.54) is 18.3 Å². The normalized spacial score (nSPS) is 10.8. The summed E-state index contributed by atoms with van der Waals surface area (Å²) >= 11 is 0. The van der Waals surface area contributed by atoms with Gasteiger partial charge in [-0.15, -0.1) is 0 Å². The molecule has 1 amide bonds. The van der Waals surface area contributed by atoms with E-state index in [1.54, 1.807) is 12.1 Å². The quantitative estimate of drug-likeness (QED) is 0.743. The number of carbonyl (C=O) groups is 1. The maximum absolute atomic E-state index is 13.8. The Morgan fingerprint density at radius 1 is 1.19 bits per heavy atom. The van der Waals surface area contributed by atoms with Gasteiger partial charge in [0.05, 0.1) is 23.6 Å². The molecule has 2 aromatic heterocycles. The molecule has 0 bridgehead atoms. The molecule has 0 aliphatic rings. The lowest BCUT2D eigenvalue weighted by Crippen LogP contribution is -2.11. The molecule has 0 atom stereocenters. The number of hydrogen-bond donors (Lipinski definition) is 1. The summed E-state index contributed by atoms with van der Waals surface area (Å²) in [6, 6.07) is 7.81. The summed E-state index contributed by atoms with van der Waals surface area (Å²) < 4.78 is 37.9. The number of nitrogens with one attached hydrogen (secondary N) is 1. The van der Waals surface area contributed by atoms with Crippen molar-refractivity contribution in [1.82, 2.24) is 10.1 Å². The van der Waals surface area contributed by atoms with Crippen molar-refractivity contribution in [3.8, 4) is 17.1 Å². The Morgan fingerprint density at radius 2 is 1.92 bits per heavy atom. The zero-order chi connectivity index (χ0) is 18.7. The van der Waals surface area contributed by atoms with Crippen molar-refractivity contribution in [3.63, 3.8) is 0 Å². The van der Waals surface area contributed by atoms with Gasteiger partial charge in [-0.1, -0.05) is 11.2 Å². The number of benzene rings is 1. The average molecular weight is 359 g/mol. The lowest BCUT2D eigenvalue weighted by molar-refractivity contribution is 0.0988. The molecular formula is C18H15F2N3O3. The third-order valence-electron chi connectivity index (χ3n) is 3.30. The Labute approximate surface area is 147 Å². The van der Waals surface area contributed by atoms with Crippen LogP contribution in [-0.2, 0) is 0 Å². The molecule has 0 fully saturated rings. The number of amides is 1. The highest BCUT2D eigenvalue weighted by molar-refractivity contribution is 6.02. The minimum atomic E-state index is -0.796. The van der Waals surface area contributed by atoms with Gasteiger partial charge in [0.25, 0.3) is 5.91 Å². The Bertz CT molecular complexity index is 903. The summed E-state index contributed by atoms with van der Waals surface area (Å²) in [6.45, 7) is 3.74. The van der Waals surface area contributed by atoms with Gasteiger partial charge in [0, 0.05) is 12.1 Å². The third kappa shape index (κ3) is 3.85. The van der Waals surface area contributed by atoms with E-state index in [9.17, 15) is 13.6 Å². The number of halogens is 2. The highest BCUT2D eigenvalue weighted by Crippen LogP contribution is 2.25. The van der Waals surface area contributed by atoms with Gasteiger partial charge >= 0.3 is 0 Å². The number of aromatic nitrogens is 2. The van der Waals surface area contributed by atoms with E-state index >= 15 is 0 Å². The molecule has 0 unspecified atom stereocenters. The van der Waals surface area contributed by atoms with Crippen molar-refractivity contribution in [2.24, 2.45) is 0 Å². The lowest BCUT2D eigenvalue weighted by Gasteiger charge is -2.08. The van der Waals surface area contributed by atoms with E-state index in [1.807, 2.05) is 13.8 Å². The molecule has 3 aromatic rings. The molecule has 0 saturated heterocycles. The van der Waals surface area contributed by atoms with Crippen LogP contribution in [0.15, 0.2) is 47.1 Å². The van der Waals surface area contributed by atoms with Gasteiger partial charge in [0.1, 0.15) is 17.3 Å². The predicted octanol–water partition coefficient (Wildman–Crippen LogP) is 4.05. The van der Waals surface area contributed by atoms with Crippen LogP contribution in [-0.4, -0.2) is 22.2 Å². The van der Waals surface area contributed by atoms with E-state index in [0.717, 1.165) is 12.1 Å². The van der Waals surface area contributed by atoms with Crippen LogP contribution in [0.4, 0.5) is 14.5 Å². The van der Waals surface area contributed by atoms with Crippen molar-refractivity contribution >= 4 is 11.6 Å². The second-order valence-corrected chi connectivity index (χ2v) is 5.68. The van der Waals surface area contributed by atoms with Crippen LogP contribution in [0.1, 0.15) is 24.4 Å². The average Bonchev–Trinajstić information content (AvgIpc) is 3.06. The van der Waals surface area contributed by atoms with Gasteiger partial charge in [-0.25, -0.2) is 13.8 Å². The Balaban J connectivity index is 1.74. The molecule has 0 saturated carbocycles. The van der Waals surface area contributed by atoms with Gasteiger partial charge in [-0.05, 0) is 32.0 Å². The number of anilines is 1. The molecule has 1 N–H and O–H groups in total. The van der Waals surface area contributed by atoms with Crippen LogP contribution in [0.25, 0.3) is 11.3 Å². The molecule has 2 heterocycles. The Hall–Kier alpha value is -3.29. The second-order valence-electron chi connectivity index (χ2n) is 5.68. The monoisotopic (exact) mass is 359 g/mol. The fourth-order valence-electron chi connectivity index (χ4n) is 2.20. The zero-order valence-electron chi connectivity index (χ0n) is 14.0. The summed E-state index contributed by atoms with van der Waals surface area (Å²) in [6.07, 6.45) is 1.40. The summed E-state index contributed by atoms with van der Waals surface area (Å²) in [7, 11) is 0. The zero-order valence-corrected chi connectivity index (χ0v) is 14.0. The minimum Gasteiger partial charge on any atom is -0.475 e. The highest BCUT2D eigenvalue weighted by atomic mass is 19.1. The van der Waals surface area contributed by atoms with E-state index in [0.29, 0.717) is 11.6 Å². The second kappa shape index (κ2) is 7.30. The number of pyridine rings is 1. The number of nitrogens with zero attached hydrogens (tertiary/aromatic N) is 2. The van der Waals surface area contributed by atoms with Crippen molar-refractivity contribution in [1.29, 1.82) is 0 Å². The van der Waals surface area contributed by atoms with Crippen LogP contribution in [0, 0.1) is 11.6 Å². The van der Waals surface area contributed by atoms with E-state index in [2.05, 4.69) is 15.5 Å². The smallest absolute Gasteiger partial charge is 0.294 e. The van der Waals surface area contributed by atoms with Crippen molar-refractivity contribution in [2.45, 2.75) is 20.0 Å². The maximum Gasteiger partial charge on any atom is 0.294 e. The largest absolute Gasteiger partial charge is 0.475 e. The van der Waals surface area contributed by atoms with Gasteiger partial charge in [-0.3, -0.25) is 4.79 Å². The van der Waals surface area contributed by atoms with Crippen LogP contribution in [0.5, 0.6) is 5.88 Å².